The van der Waals surface area contributed by atoms with Crippen molar-refractivity contribution in [2.45, 2.75) is 25.9 Å². The van der Waals surface area contributed by atoms with Crippen LogP contribution < -0.4 is 4.74 Å². The molecule has 6 nitrogen and oxygen atoms in total. The predicted octanol–water partition coefficient (Wildman–Crippen LogP) is 3.60. The Morgan fingerprint density at radius 2 is 2.04 bits per heavy atom. The molecule has 3 aromatic rings. The van der Waals surface area contributed by atoms with E-state index in [0.29, 0.717) is 29.7 Å². The number of aromatic nitrogens is 3. The zero-order valence-corrected chi connectivity index (χ0v) is 14.5. The number of halogens is 1. The molecule has 0 radical (unpaired) electrons. The van der Waals surface area contributed by atoms with Crippen LogP contribution in [0.1, 0.15) is 24.0 Å². The van der Waals surface area contributed by atoms with Crippen molar-refractivity contribution in [2.24, 2.45) is 5.41 Å². The fourth-order valence-corrected chi connectivity index (χ4v) is 3.05. The molecule has 4 rings (SSSR count). The van der Waals surface area contributed by atoms with Gasteiger partial charge >= 0.3 is 5.97 Å². The van der Waals surface area contributed by atoms with Gasteiger partial charge in [0.05, 0.1) is 23.0 Å². The molecule has 0 aliphatic heterocycles. The molecular formula is C20H18FN3O3. The maximum Gasteiger partial charge on any atom is 0.309 e. The number of pyridine rings is 1. The Balaban J connectivity index is 1.44. The number of rotatable bonds is 7. The minimum Gasteiger partial charge on any atom is -0.487 e. The van der Waals surface area contributed by atoms with E-state index in [1.807, 2.05) is 6.07 Å². The smallest absolute Gasteiger partial charge is 0.309 e. The first-order chi connectivity index (χ1) is 13.1. The molecular weight excluding hydrogens is 349 g/mol. The minimum atomic E-state index is -0.855. The molecule has 1 aromatic carbocycles. The highest BCUT2D eigenvalue weighted by Gasteiger charge is 2.50. The van der Waals surface area contributed by atoms with Crippen LogP contribution in [-0.2, 0) is 17.8 Å². The topological polar surface area (TPSA) is 88.1 Å². The van der Waals surface area contributed by atoms with Gasteiger partial charge in [-0.2, -0.15) is 5.10 Å². The second kappa shape index (κ2) is 6.83. The molecule has 0 bridgehead atoms. The first-order valence-electron chi connectivity index (χ1n) is 8.66. The molecule has 0 spiro atoms. The number of benzene rings is 1. The average molecular weight is 367 g/mol. The van der Waals surface area contributed by atoms with Crippen molar-refractivity contribution >= 4 is 5.97 Å². The number of H-pyrrole nitrogens is 1. The lowest BCUT2D eigenvalue weighted by atomic mass is 9.95. The van der Waals surface area contributed by atoms with Gasteiger partial charge in [0.2, 0.25) is 0 Å². The maximum atomic E-state index is 14.7. The number of hydrogen-bond acceptors (Lipinski definition) is 4. The van der Waals surface area contributed by atoms with E-state index < -0.39 is 17.2 Å². The second-order valence-corrected chi connectivity index (χ2v) is 6.79. The molecule has 1 aliphatic carbocycles. The summed E-state index contributed by atoms with van der Waals surface area (Å²) < 4.78 is 20.4. The Morgan fingerprint density at radius 1 is 1.22 bits per heavy atom. The standard InChI is InChI=1S/C20H18FN3O3/c21-18-13(10-20(7-8-20)19(25)26)2-1-3-14(18)12-27-15-4-5-16(22-11-15)17-6-9-23-24-17/h1-6,9,11H,7-8,10,12H2,(H,23,24)(H,25,26). The van der Waals surface area contributed by atoms with E-state index in [9.17, 15) is 14.3 Å². The number of nitrogens with zero attached hydrogens (tertiary/aromatic N) is 2. The fourth-order valence-electron chi connectivity index (χ4n) is 3.05. The van der Waals surface area contributed by atoms with Gasteiger partial charge in [-0.1, -0.05) is 18.2 Å². The summed E-state index contributed by atoms with van der Waals surface area (Å²) >= 11 is 0. The van der Waals surface area contributed by atoms with Crippen LogP contribution in [0.15, 0.2) is 48.8 Å². The Kier molecular flexibility index (Phi) is 4.35. The highest BCUT2D eigenvalue weighted by molar-refractivity contribution is 5.78. The van der Waals surface area contributed by atoms with Crippen LogP contribution in [-0.4, -0.2) is 26.3 Å². The summed E-state index contributed by atoms with van der Waals surface area (Å²) in [7, 11) is 0. The Labute approximate surface area is 155 Å². The number of carboxylic acids is 1. The molecule has 27 heavy (non-hydrogen) atoms. The first kappa shape index (κ1) is 17.2. The number of carboxylic acid groups (broad SMARTS) is 1. The predicted molar refractivity (Wildman–Crippen MR) is 95.6 cm³/mol. The summed E-state index contributed by atoms with van der Waals surface area (Å²) in [5.41, 5.74) is 1.55. The number of nitrogens with one attached hydrogen (secondary N) is 1. The van der Waals surface area contributed by atoms with Gasteiger partial charge in [0.15, 0.2) is 0 Å². The molecule has 138 valence electrons. The number of aromatic amines is 1. The van der Waals surface area contributed by atoms with Gasteiger partial charge in [-0.05, 0) is 43.0 Å². The molecule has 0 atom stereocenters. The molecule has 2 heterocycles. The molecule has 1 fully saturated rings. The third kappa shape index (κ3) is 3.53. The number of carbonyl (C=O) groups is 1. The van der Waals surface area contributed by atoms with Gasteiger partial charge in [0.25, 0.3) is 0 Å². The van der Waals surface area contributed by atoms with Crippen LogP contribution in [0.3, 0.4) is 0 Å². The van der Waals surface area contributed by atoms with Crippen molar-refractivity contribution in [3.05, 3.63) is 65.7 Å². The summed E-state index contributed by atoms with van der Waals surface area (Å²) in [6.07, 6.45) is 4.62. The quantitative estimate of drug-likeness (QED) is 0.666. The van der Waals surface area contributed by atoms with E-state index in [4.69, 9.17) is 4.74 Å². The zero-order valence-electron chi connectivity index (χ0n) is 14.5. The lowest BCUT2D eigenvalue weighted by molar-refractivity contribution is -0.143. The van der Waals surface area contributed by atoms with E-state index in [1.165, 1.54) is 0 Å². The third-order valence-corrected chi connectivity index (χ3v) is 4.90. The number of ether oxygens (including phenoxy) is 1. The van der Waals surface area contributed by atoms with E-state index in [2.05, 4.69) is 15.2 Å². The van der Waals surface area contributed by atoms with E-state index in [1.54, 1.807) is 42.7 Å². The summed E-state index contributed by atoms with van der Waals surface area (Å²) in [6, 6.07) is 10.4. The zero-order chi connectivity index (χ0) is 18.9. The molecule has 2 aromatic heterocycles. The highest BCUT2D eigenvalue weighted by Crippen LogP contribution is 2.49. The van der Waals surface area contributed by atoms with Gasteiger partial charge in [-0.3, -0.25) is 14.9 Å². The fraction of sp³-hybridized carbons (Fsp3) is 0.250. The lowest BCUT2D eigenvalue weighted by Gasteiger charge is -2.13. The molecule has 7 heteroatoms. The van der Waals surface area contributed by atoms with Crippen LogP contribution in [0, 0.1) is 11.2 Å². The lowest BCUT2D eigenvalue weighted by Crippen LogP contribution is -2.18. The minimum absolute atomic E-state index is 0.0465. The van der Waals surface area contributed by atoms with Crippen molar-refractivity contribution in [2.75, 3.05) is 0 Å². The maximum absolute atomic E-state index is 14.7. The highest BCUT2D eigenvalue weighted by atomic mass is 19.1. The van der Waals surface area contributed by atoms with Crippen molar-refractivity contribution < 1.29 is 19.0 Å². The normalized spacial score (nSPS) is 14.7. The van der Waals surface area contributed by atoms with Crippen molar-refractivity contribution in [3.63, 3.8) is 0 Å². The number of aliphatic carboxylic acids is 1. The van der Waals surface area contributed by atoms with Crippen molar-refractivity contribution in [1.29, 1.82) is 0 Å². The third-order valence-electron chi connectivity index (χ3n) is 4.90. The molecule has 0 unspecified atom stereocenters. The largest absolute Gasteiger partial charge is 0.487 e. The summed E-state index contributed by atoms with van der Waals surface area (Å²) in [5, 5.41) is 16.0. The Bertz CT molecular complexity index is 951. The Hall–Kier alpha value is -3.22. The summed E-state index contributed by atoms with van der Waals surface area (Å²) in [6.45, 7) is 0.0465. The van der Waals surface area contributed by atoms with Crippen LogP contribution in [0.2, 0.25) is 0 Å². The number of hydrogen-bond donors (Lipinski definition) is 2. The van der Waals surface area contributed by atoms with E-state index in [0.717, 1.165) is 11.4 Å². The van der Waals surface area contributed by atoms with E-state index >= 15 is 0 Å². The molecule has 2 N–H and O–H groups in total. The molecule has 1 aliphatic rings. The van der Waals surface area contributed by atoms with Gasteiger partial charge < -0.3 is 9.84 Å². The Morgan fingerprint density at radius 3 is 2.67 bits per heavy atom. The van der Waals surface area contributed by atoms with Crippen LogP contribution >= 0.6 is 0 Å². The average Bonchev–Trinajstić information content (AvgIpc) is 3.26. The van der Waals surface area contributed by atoms with Crippen LogP contribution in [0.4, 0.5) is 4.39 Å². The van der Waals surface area contributed by atoms with Gasteiger partial charge in [0.1, 0.15) is 18.2 Å². The first-order valence-corrected chi connectivity index (χ1v) is 8.66. The molecule has 1 saturated carbocycles. The molecule has 0 saturated heterocycles. The monoisotopic (exact) mass is 367 g/mol. The second-order valence-electron chi connectivity index (χ2n) is 6.79. The van der Waals surface area contributed by atoms with Gasteiger partial charge in [-0.15, -0.1) is 0 Å². The summed E-state index contributed by atoms with van der Waals surface area (Å²) in [4.78, 5) is 15.6. The van der Waals surface area contributed by atoms with Gasteiger partial charge in [-0.25, -0.2) is 4.39 Å². The van der Waals surface area contributed by atoms with Gasteiger partial charge in [0, 0.05) is 11.8 Å². The van der Waals surface area contributed by atoms with Crippen molar-refractivity contribution in [1.82, 2.24) is 15.2 Å². The molecule has 0 amide bonds. The van der Waals surface area contributed by atoms with Crippen LogP contribution in [0.5, 0.6) is 5.75 Å². The van der Waals surface area contributed by atoms with Crippen molar-refractivity contribution in [3.8, 4) is 17.1 Å². The van der Waals surface area contributed by atoms with Crippen LogP contribution in [0.25, 0.3) is 11.4 Å². The SMILES string of the molecule is O=C(O)C1(Cc2cccc(COc3ccc(-c4ccn[nH]4)nc3)c2F)CC1. The van der Waals surface area contributed by atoms with E-state index in [-0.39, 0.29) is 13.0 Å². The summed E-state index contributed by atoms with van der Waals surface area (Å²) in [5.74, 6) is -0.730.